The molecule has 0 bridgehead atoms. The van der Waals surface area contributed by atoms with Crippen molar-refractivity contribution in [2.75, 3.05) is 13.2 Å². The third-order valence-corrected chi connectivity index (χ3v) is 3.24. The maximum Gasteiger partial charge on any atom is 0.317 e. The standard InChI is InChI=1S/C18H30N2O3/c1-13(2)16-9-6-7-10-17(16)23-15(5)20-18(21)19-11-8-12-22-14(3)4/h6-7,9-10,13-15H,8,11-12H2,1-5H3,(H2,19,20,21). The van der Waals surface area contributed by atoms with E-state index in [2.05, 4.69) is 24.5 Å². The van der Waals surface area contributed by atoms with Gasteiger partial charge in [0.15, 0.2) is 6.23 Å². The number of hydrogen-bond acceptors (Lipinski definition) is 3. The molecule has 0 spiro atoms. The summed E-state index contributed by atoms with van der Waals surface area (Å²) in [6.45, 7) is 11.3. The van der Waals surface area contributed by atoms with Crippen LogP contribution in [0, 0.1) is 0 Å². The second-order valence-electron chi connectivity index (χ2n) is 6.13. The van der Waals surface area contributed by atoms with E-state index < -0.39 is 6.23 Å². The fourth-order valence-corrected chi connectivity index (χ4v) is 2.11. The predicted molar refractivity (Wildman–Crippen MR) is 92.9 cm³/mol. The van der Waals surface area contributed by atoms with E-state index in [0.29, 0.717) is 19.1 Å². The molecule has 2 N–H and O–H groups in total. The van der Waals surface area contributed by atoms with E-state index >= 15 is 0 Å². The van der Waals surface area contributed by atoms with Crippen LogP contribution >= 0.6 is 0 Å². The molecule has 0 aliphatic carbocycles. The van der Waals surface area contributed by atoms with Gasteiger partial charge in [0.1, 0.15) is 5.75 Å². The Hall–Kier alpha value is -1.75. The van der Waals surface area contributed by atoms with Crippen LogP contribution in [-0.4, -0.2) is 31.5 Å². The molecule has 1 aromatic rings. The van der Waals surface area contributed by atoms with Gasteiger partial charge < -0.3 is 20.1 Å². The Bertz CT molecular complexity index is 475. The van der Waals surface area contributed by atoms with Gasteiger partial charge in [0.25, 0.3) is 0 Å². The number of nitrogens with one attached hydrogen (secondary N) is 2. The number of ether oxygens (including phenoxy) is 2. The summed E-state index contributed by atoms with van der Waals surface area (Å²) in [4.78, 5) is 11.8. The highest BCUT2D eigenvalue weighted by atomic mass is 16.5. The molecule has 0 fully saturated rings. The molecule has 0 saturated heterocycles. The summed E-state index contributed by atoms with van der Waals surface area (Å²) < 4.78 is 11.3. The molecule has 2 amide bonds. The summed E-state index contributed by atoms with van der Waals surface area (Å²) in [7, 11) is 0. The summed E-state index contributed by atoms with van der Waals surface area (Å²) in [6, 6.07) is 7.66. The topological polar surface area (TPSA) is 59.6 Å². The highest BCUT2D eigenvalue weighted by Crippen LogP contribution is 2.26. The Kier molecular flexibility index (Phi) is 8.48. The molecule has 0 saturated carbocycles. The summed E-state index contributed by atoms with van der Waals surface area (Å²) in [6.07, 6.45) is 0.608. The molecule has 0 radical (unpaired) electrons. The fourth-order valence-electron chi connectivity index (χ4n) is 2.11. The monoisotopic (exact) mass is 322 g/mol. The zero-order chi connectivity index (χ0) is 17.2. The lowest BCUT2D eigenvalue weighted by molar-refractivity contribution is 0.0773. The average molecular weight is 322 g/mol. The number of para-hydroxylation sites is 1. The van der Waals surface area contributed by atoms with Gasteiger partial charge in [-0.25, -0.2) is 4.79 Å². The number of amides is 2. The zero-order valence-electron chi connectivity index (χ0n) is 14.9. The van der Waals surface area contributed by atoms with E-state index in [1.807, 2.05) is 45.0 Å². The first-order valence-corrected chi connectivity index (χ1v) is 8.31. The van der Waals surface area contributed by atoms with E-state index in [9.17, 15) is 4.79 Å². The first kappa shape index (κ1) is 19.3. The first-order valence-electron chi connectivity index (χ1n) is 8.31. The summed E-state index contributed by atoms with van der Waals surface area (Å²) >= 11 is 0. The van der Waals surface area contributed by atoms with Crippen LogP contribution in [0.4, 0.5) is 4.79 Å². The lowest BCUT2D eigenvalue weighted by Gasteiger charge is -2.20. The van der Waals surface area contributed by atoms with Crippen molar-refractivity contribution in [2.24, 2.45) is 0 Å². The maximum absolute atomic E-state index is 11.8. The van der Waals surface area contributed by atoms with Crippen LogP contribution in [0.5, 0.6) is 5.75 Å². The van der Waals surface area contributed by atoms with Crippen LogP contribution in [-0.2, 0) is 4.74 Å². The molecule has 1 rings (SSSR count). The number of carbonyl (C=O) groups is 1. The van der Waals surface area contributed by atoms with Gasteiger partial charge in [-0.15, -0.1) is 0 Å². The van der Waals surface area contributed by atoms with Crippen molar-refractivity contribution < 1.29 is 14.3 Å². The van der Waals surface area contributed by atoms with Gasteiger partial charge in [-0.05, 0) is 44.7 Å². The molecule has 0 aromatic heterocycles. The lowest BCUT2D eigenvalue weighted by Crippen LogP contribution is -2.43. The third kappa shape index (κ3) is 7.88. The SMILES string of the molecule is CC(C)OCCCNC(=O)NC(C)Oc1ccccc1C(C)C. The van der Waals surface area contributed by atoms with Gasteiger partial charge in [-0.1, -0.05) is 32.0 Å². The van der Waals surface area contributed by atoms with Crippen LogP contribution in [0.15, 0.2) is 24.3 Å². The number of hydrogen-bond donors (Lipinski definition) is 2. The number of urea groups is 1. The van der Waals surface area contributed by atoms with Crippen molar-refractivity contribution in [2.45, 2.75) is 59.3 Å². The second-order valence-corrected chi connectivity index (χ2v) is 6.13. The Labute approximate surface area is 139 Å². The fraction of sp³-hybridized carbons (Fsp3) is 0.611. The second kappa shape index (κ2) is 10.1. The molecule has 0 aliphatic heterocycles. The summed E-state index contributed by atoms with van der Waals surface area (Å²) in [5, 5.41) is 5.58. The smallest absolute Gasteiger partial charge is 0.317 e. The summed E-state index contributed by atoms with van der Waals surface area (Å²) in [5.41, 5.74) is 1.13. The molecule has 5 nitrogen and oxygen atoms in total. The highest BCUT2D eigenvalue weighted by molar-refractivity contribution is 5.73. The Balaban J connectivity index is 2.33. The minimum Gasteiger partial charge on any atom is -0.471 e. The normalized spacial score (nSPS) is 12.3. The molecule has 1 atom stereocenters. The molecule has 5 heteroatoms. The van der Waals surface area contributed by atoms with Crippen LogP contribution in [0.2, 0.25) is 0 Å². The maximum atomic E-state index is 11.8. The molecule has 1 aromatic carbocycles. The highest BCUT2D eigenvalue weighted by Gasteiger charge is 2.12. The first-order chi connectivity index (χ1) is 10.9. The van der Waals surface area contributed by atoms with Gasteiger partial charge in [0, 0.05) is 13.2 Å². The van der Waals surface area contributed by atoms with Gasteiger partial charge >= 0.3 is 6.03 Å². The van der Waals surface area contributed by atoms with E-state index in [1.165, 1.54) is 0 Å². The Morgan fingerprint density at radius 2 is 1.83 bits per heavy atom. The van der Waals surface area contributed by atoms with Crippen molar-refractivity contribution in [3.63, 3.8) is 0 Å². The molecule has 23 heavy (non-hydrogen) atoms. The summed E-state index contributed by atoms with van der Waals surface area (Å²) in [5.74, 6) is 1.17. The van der Waals surface area contributed by atoms with Gasteiger partial charge in [-0.3, -0.25) is 0 Å². The van der Waals surface area contributed by atoms with E-state index in [-0.39, 0.29) is 12.1 Å². The molecule has 0 heterocycles. The molecule has 130 valence electrons. The average Bonchev–Trinajstić information content (AvgIpc) is 2.46. The van der Waals surface area contributed by atoms with Gasteiger partial charge in [-0.2, -0.15) is 0 Å². The van der Waals surface area contributed by atoms with Crippen LogP contribution in [0.1, 0.15) is 52.5 Å². The number of rotatable bonds is 9. The van der Waals surface area contributed by atoms with E-state index in [0.717, 1.165) is 17.7 Å². The Morgan fingerprint density at radius 3 is 2.48 bits per heavy atom. The van der Waals surface area contributed by atoms with Gasteiger partial charge in [0.05, 0.1) is 6.10 Å². The van der Waals surface area contributed by atoms with E-state index in [4.69, 9.17) is 9.47 Å². The van der Waals surface area contributed by atoms with Crippen molar-refractivity contribution in [3.05, 3.63) is 29.8 Å². The minimum absolute atomic E-state index is 0.221. The number of benzene rings is 1. The zero-order valence-corrected chi connectivity index (χ0v) is 14.9. The van der Waals surface area contributed by atoms with Crippen LogP contribution in [0.3, 0.4) is 0 Å². The Morgan fingerprint density at radius 1 is 1.13 bits per heavy atom. The lowest BCUT2D eigenvalue weighted by atomic mass is 10.0. The molecular weight excluding hydrogens is 292 g/mol. The van der Waals surface area contributed by atoms with Crippen molar-refractivity contribution in [1.82, 2.24) is 10.6 Å². The minimum atomic E-state index is -0.401. The van der Waals surface area contributed by atoms with Crippen LogP contribution < -0.4 is 15.4 Å². The quantitative estimate of drug-likeness (QED) is 0.539. The molecule has 1 unspecified atom stereocenters. The van der Waals surface area contributed by atoms with Crippen molar-refractivity contribution in [3.8, 4) is 5.75 Å². The largest absolute Gasteiger partial charge is 0.471 e. The predicted octanol–water partition coefficient (Wildman–Crippen LogP) is 3.65. The molecular formula is C18H30N2O3. The van der Waals surface area contributed by atoms with Crippen molar-refractivity contribution in [1.29, 1.82) is 0 Å². The van der Waals surface area contributed by atoms with Crippen molar-refractivity contribution >= 4 is 6.03 Å². The third-order valence-electron chi connectivity index (χ3n) is 3.24. The molecule has 0 aliphatic rings. The number of carbonyl (C=O) groups excluding carboxylic acids is 1. The van der Waals surface area contributed by atoms with E-state index in [1.54, 1.807) is 0 Å². The van der Waals surface area contributed by atoms with Crippen LogP contribution in [0.25, 0.3) is 0 Å². The van der Waals surface area contributed by atoms with Gasteiger partial charge in [0.2, 0.25) is 0 Å².